The van der Waals surface area contributed by atoms with Gasteiger partial charge in [0.15, 0.2) is 0 Å². The summed E-state index contributed by atoms with van der Waals surface area (Å²) in [7, 11) is 0. The minimum atomic E-state index is -0.943. The molecule has 0 aliphatic heterocycles. The zero-order chi connectivity index (χ0) is 14.3. The van der Waals surface area contributed by atoms with Gasteiger partial charge in [-0.3, -0.25) is 4.79 Å². The molecular weight excluding hydrogens is 269 g/mol. The molecule has 0 aromatic heterocycles. The van der Waals surface area contributed by atoms with Crippen LogP contribution in [0.15, 0.2) is 30.3 Å². The van der Waals surface area contributed by atoms with E-state index in [1.54, 1.807) is 26.0 Å². The molecule has 6 heteroatoms. The number of esters is 1. The van der Waals surface area contributed by atoms with Crippen molar-refractivity contribution in [2.45, 2.75) is 13.8 Å². The fourth-order valence-electron chi connectivity index (χ4n) is 1.59. The minimum Gasteiger partial charge on any atom is -0.480 e. The van der Waals surface area contributed by atoms with E-state index in [0.29, 0.717) is 17.9 Å². The smallest absolute Gasteiger partial charge is 0.480 e. The Morgan fingerprint density at radius 3 is 2.60 bits per heavy atom. The molecule has 1 aromatic carbocycles. The topological polar surface area (TPSA) is 75.6 Å². The second-order valence-electron chi connectivity index (χ2n) is 3.87. The van der Waals surface area contributed by atoms with Gasteiger partial charge in [-0.05, 0) is 25.5 Å². The van der Waals surface area contributed by atoms with Crippen molar-refractivity contribution in [2.75, 3.05) is 18.5 Å². The minimum absolute atomic E-state index is 0. The molecule has 102 valence electrons. The largest absolute Gasteiger partial charge is 1.00 e. The summed E-state index contributed by atoms with van der Waals surface area (Å²) in [5.41, 5.74) is 2.16. The number of allylic oxidation sites excluding steroid dienone is 1. The molecule has 0 radical (unpaired) electrons. The van der Waals surface area contributed by atoms with Crippen molar-refractivity contribution in [3.05, 3.63) is 35.9 Å². The number of benzene rings is 1. The molecule has 5 nitrogen and oxygen atoms in total. The zero-order valence-electron chi connectivity index (χ0n) is 12.0. The molecule has 0 unspecified atom stereocenters. The van der Waals surface area contributed by atoms with Gasteiger partial charge in [0, 0.05) is 17.3 Å². The molecular formula is C14H17NNaO4+. The first-order valence-corrected chi connectivity index (χ1v) is 5.94. The van der Waals surface area contributed by atoms with E-state index >= 15 is 0 Å². The number of carboxylic acid groups (broad SMARTS) is 1. The summed E-state index contributed by atoms with van der Waals surface area (Å²) in [5.74, 6) is -1.35. The number of carboxylic acids is 1. The summed E-state index contributed by atoms with van der Waals surface area (Å²) in [6, 6.07) is 7.20. The summed E-state index contributed by atoms with van der Waals surface area (Å²) < 4.78 is 4.84. The number of ether oxygens (including phenoxy) is 1. The Kier molecular flexibility index (Phi) is 8.96. The van der Waals surface area contributed by atoms with Crippen molar-refractivity contribution >= 4 is 23.2 Å². The van der Waals surface area contributed by atoms with Gasteiger partial charge in [-0.2, -0.15) is 0 Å². The maximum Gasteiger partial charge on any atom is 1.00 e. The van der Waals surface area contributed by atoms with Crippen molar-refractivity contribution in [3.8, 4) is 0 Å². The Hall–Kier alpha value is -1.30. The first-order chi connectivity index (χ1) is 9.04. The Labute approximate surface area is 140 Å². The van der Waals surface area contributed by atoms with Gasteiger partial charge in [-0.1, -0.05) is 18.2 Å². The van der Waals surface area contributed by atoms with Crippen molar-refractivity contribution in [3.63, 3.8) is 0 Å². The molecule has 0 spiro atoms. The number of nitrogens with one attached hydrogen (secondary N) is 1. The van der Waals surface area contributed by atoms with E-state index < -0.39 is 11.9 Å². The first-order valence-electron chi connectivity index (χ1n) is 5.94. The fraction of sp³-hybridized carbons (Fsp3) is 0.286. The van der Waals surface area contributed by atoms with Crippen molar-refractivity contribution in [2.24, 2.45) is 0 Å². The molecule has 0 aliphatic carbocycles. The number of hydrogen-bond donors (Lipinski definition) is 2. The Balaban J connectivity index is 0.00000361. The number of hydrogen-bond acceptors (Lipinski definition) is 4. The molecule has 0 saturated heterocycles. The van der Waals surface area contributed by atoms with Crippen LogP contribution in [0.1, 0.15) is 19.4 Å². The predicted molar refractivity (Wildman–Crippen MR) is 72.9 cm³/mol. The van der Waals surface area contributed by atoms with Gasteiger partial charge in [0.25, 0.3) is 0 Å². The van der Waals surface area contributed by atoms with Crippen LogP contribution in [-0.4, -0.2) is 30.2 Å². The SMILES string of the molecule is CCOC(=O)/C=C(\C)c1ccccc1NCC(=O)O.[Na+]. The van der Waals surface area contributed by atoms with Gasteiger partial charge in [-0.15, -0.1) is 0 Å². The maximum atomic E-state index is 11.4. The Bertz CT molecular complexity index is 500. The van der Waals surface area contributed by atoms with Gasteiger partial charge >= 0.3 is 41.5 Å². The van der Waals surface area contributed by atoms with Crippen LogP contribution >= 0.6 is 0 Å². The van der Waals surface area contributed by atoms with E-state index in [2.05, 4.69) is 5.32 Å². The fourth-order valence-corrected chi connectivity index (χ4v) is 1.59. The number of aliphatic carboxylic acids is 1. The molecule has 0 atom stereocenters. The average molecular weight is 286 g/mol. The molecule has 0 bridgehead atoms. The molecule has 1 rings (SSSR count). The van der Waals surface area contributed by atoms with Gasteiger partial charge < -0.3 is 15.2 Å². The van der Waals surface area contributed by atoms with Crippen LogP contribution in [0.5, 0.6) is 0 Å². The Morgan fingerprint density at radius 1 is 1.35 bits per heavy atom. The maximum absolute atomic E-state index is 11.4. The number of carbonyl (C=O) groups is 2. The van der Waals surface area contributed by atoms with E-state index in [0.717, 1.165) is 5.56 Å². The molecule has 2 N–H and O–H groups in total. The summed E-state index contributed by atoms with van der Waals surface area (Å²) >= 11 is 0. The molecule has 20 heavy (non-hydrogen) atoms. The number of para-hydroxylation sites is 1. The van der Waals surface area contributed by atoms with Crippen LogP contribution in [0, 0.1) is 0 Å². The van der Waals surface area contributed by atoms with Gasteiger partial charge in [0.2, 0.25) is 0 Å². The van der Waals surface area contributed by atoms with Crippen LogP contribution in [0.3, 0.4) is 0 Å². The Morgan fingerprint density at radius 2 is 2.00 bits per heavy atom. The summed E-state index contributed by atoms with van der Waals surface area (Å²) in [6.07, 6.45) is 1.39. The summed E-state index contributed by atoms with van der Waals surface area (Å²) in [5, 5.41) is 11.5. The molecule has 0 saturated carbocycles. The van der Waals surface area contributed by atoms with E-state index in [9.17, 15) is 9.59 Å². The molecule has 0 heterocycles. The second-order valence-corrected chi connectivity index (χ2v) is 3.87. The summed E-state index contributed by atoms with van der Waals surface area (Å²) in [4.78, 5) is 22.0. The van der Waals surface area contributed by atoms with Gasteiger partial charge in [0.1, 0.15) is 6.54 Å². The average Bonchev–Trinajstić information content (AvgIpc) is 2.36. The monoisotopic (exact) mass is 286 g/mol. The van der Waals surface area contributed by atoms with E-state index in [4.69, 9.17) is 9.84 Å². The van der Waals surface area contributed by atoms with Crippen LogP contribution in [-0.2, 0) is 14.3 Å². The van der Waals surface area contributed by atoms with Crippen LogP contribution in [0.2, 0.25) is 0 Å². The zero-order valence-corrected chi connectivity index (χ0v) is 14.0. The molecule has 0 amide bonds. The normalized spacial score (nSPS) is 10.4. The van der Waals surface area contributed by atoms with Crippen molar-refractivity contribution in [1.82, 2.24) is 0 Å². The molecule has 0 fully saturated rings. The van der Waals surface area contributed by atoms with E-state index in [1.807, 2.05) is 12.1 Å². The van der Waals surface area contributed by atoms with Crippen molar-refractivity contribution in [1.29, 1.82) is 0 Å². The quantitative estimate of drug-likeness (QED) is 0.405. The molecule has 1 aromatic rings. The third kappa shape index (κ3) is 6.23. The van der Waals surface area contributed by atoms with Crippen LogP contribution in [0.4, 0.5) is 5.69 Å². The standard InChI is InChI=1S/C14H17NO4.Na/c1-3-19-14(18)8-10(2)11-6-4-5-7-12(11)15-9-13(16)17;/h4-8,15H,3,9H2,1-2H3,(H,16,17);/q;+1/b10-8+;. The third-order valence-electron chi connectivity index (χ3n) is 2.40. The third-order valence-corrected chi connectivity index (χ3v) is 2.40. The van der Waals surface area contributed by atoms with Crippen LogP contribution in [0.25, 0.3) is 5.57 Å². The van der Waals surface area contributed by atoms with Crippen LogP contribution < -0.4 is 34.9 Å². The van der Waals surface area contributed by atoms with Gasteiger partial charge in [0.05, 0.1) is 6.61 Å². The van der Waals surface area contributed by atoms with E-state index in [-0.39, 0.29) is 36.1 Å². The first kappa shape index (κ1) is 18.7. The second kappa shape index (κ2) is 9.58. The van der Waals surface area contributed by atoms with Gasteiger partial charge in [-0.25, -0.2) is 4.79 Å². The number of anilines is 1. The van der Waals surface area contributed by atoms with Crippen molar-refractivity contribution < 1.29 is 49.0 Å². The summed E-state index contributed by atoms with van der Waals surface area (Å²) in [6.45, 7) is 3.66. The number of carbonyl (C=O) groups excluding carboxylic acids is 1. The predicted octanol–water partition coefficient (Wildman–Crippen LogP) is -0.846. The number of rotatable bonds is 6. The molecule has 0 aliphatic rings. The van der Waals surface area contributed by atoms with E-state index in [1.165, 1.54) is 6.08 Å².